The fraction of sp³-hybridized carbons (Fsp3) is 0.609. The van der Waals surface area contributed by atoms with Crippen LogP contribution in [0, 0.1) is 4.91 Å². The lowest BCUT2D eigenvalue weighted by Gasteiger charge is -2.23. The van der Waals surface area contributed by atoms with Crippen LogP contribution in [0.3, 0.4) is 0 Å². The number of hydrogen-bond acceptors (Lipinski definition) is 7. The van der Waals surface area contributed by atoms with E-state index in [0.717, 1.165) is 57.4 Å². The van der Waals surface area contributed by atoms with Gasteiger partial charge in [0.25, 0.3) is 0 Å². The molecule has 0 saturated carbocycles. The molecule has 3 aliphatic heterocycles. The maximum Gasteiger partial charge on any atom is 0.410 e. The van der Waals surface area contributed by atoms with Crippen molar-refractivity contribution in [2.75, 3.05) is 26.2 Å². The number of benzene rings is 1. The number of hydroxylamine groups is 2. The van der Waals surface area contributed by atoms with Crippen molar-refractivity contribution in [1.29, 1.82) is 0 Å². The molecule has 3 fully saturated rings. The number of nitrogens with one attached hydrogen (secondary N) is 1. The van der Waals surface area contributed by atoms with Crippen molar-refractivity contribution < 1.29 is 24.0 Å². The van der Waals surface area contributed by atoms with Gasteiger partial charge in [-0.1, -0.05) is 30.3 Å². The Morgan fingerprint density at radius 2 is 1.82 bits per heavy atom. The summed E-state index contributed by atoms with van der Waals surface area (Å²) in [6.45, 7) is 9.55. The molecular weight excluding hydrogens is 442 g/mol. The van der Waals surface area contributed by atoms with Gasteiger partial charge >= 0.3 is 12.1 Å². The standard InChI is InChI=1S/C13H16N2O2.C9H17NO2.CH2N2O2/c16-13-14-8-4-7-12(9-14)15(13)17-10-11-5-2-1-3-6-11;1-9(2,3)12-8(11)10-6-4-5-7-10;4-1-2-3-5/h1-3,5-6,12H,4,7-10H2;4-7H2,1-3H3;1H,(H,2,4,5)/t12-;;/m1../s1. The van der Waals surface area contributed by atoms with Crippen LogP contribution >= 0.6 is 0 Å². The van der Waals surface area contributed by atoms with Crippen LogP contribution in [0.25, 0.3) is 0 Å². The van der Waals surface area contributed by atoms with Crippen LogP contribution in [-0.2, 0) is 21.0 Å². The van der Waals surface area contributed by atoms with E-state index in [-0.39, 0.29) is 30.2 Å². The van der Waals surface area contributed by atoms with E-state index in [9.17, 15) is 9.59 Å². The van der Waals surface area contributed by atoms with Gasteiger partial charge in [0.2, 0.25) is 6.41 Å². The van der Waals surface area contributed by atoms with Crippen molar-refractivity contribution >= 4 is 18.5 Å². The van der Waals surface area contributed by atoms with Crippen LogP contribution in [0.1, 0.15) is 52.0 Å². The van der Waals surface area contributed by atoms with Crippen molar-refractivity contribution in [3.63, 3.8) is 0 Å². The van der Waals surface area contributed by atoms with E-state index in [4.69, 9.17) is 19.3 Å². The van der Waals surface area contributed by atoms with Crippen molar-refractivity contribution in [2.45, 2.75) is 64.7 Å². The maximum atomic E-state index is 11.9. The Morgan fingerprint density at radius 1 is 1.15 bits per heavy atom. The average molecular weight is 478 g/mol. The number of carbonyl (C=O) groups excluding carboxylic acids is 3. The number of carbonyl (C=O) groups is 3. The molecule has 0 spiro atoms. The summed E-state index contributed by atoms with van der Waals surface area (Å²) < 4.78 is 5.21. The molecule has 3 aliphatic rings. The number of nitrogens with zero attached hydrogens (tertiary/aromatic N) is 4. The molecule has 0 radical (unpaired) electrons. The van der Waals surface area contributed by atoms with Crippen LogP contribution < -0.4 is 5.43 Å². The van der Waals surface area contributed by atoms with Crippen molar-refractivity contribution in [3.05, 3.63) is 40.8 Å². The largest absolute Gasteiger partial charge is 0.444 e. The highest BCUT2D eigenvalue weighted by atomic mass is 16.7. The lowest BCUT2D eigenvalue weighted by molar-refractivity contribution is -0.140. The molecule has 4 rings (SSSR count). The number of nitroso groups, excluding NO2 is 1. The number of piperidine rings is 1. The number of fused-ring (bicyclic) bond motifs is 2. The van der Waals surface area contributed by atoms with E-state index < -0.39 is 0 Å². The maximum absolute atomic E-state index is 11.9. The summed E-state index contributed by atoms with van der Waals surface area (Å²) in [7, 11) is 0. The highest BCUT2D eigenvalue weighted by molar-refractivity contribution is 5.76. The zero-order chi connectivity index (χ0) is 25.0. The van der Waals surface area contributed by atoms with Gasteiger partial charge in [0, 0.05) is 26.2 Å². The zero-order valence-corrected chi connectivity index (χ0v) is 20.1. The van der Waals surface area contributed by atoms with Gasteiger partial charge < -0.3 is 14.5 Å². The minimum Gasteiger partial charge on any atom is -0.444 e. The first-order valence-electron chi connectivity index (χ1n) is 11.5. The Kier molecular flexibility index (Phi) is 10.7. The fourth-order valence-corrected chi connectivity index (χ4v) is 3.74. The molecule has 11 heteroatoms. The summed E-state index contributed by atoms with van der Waals surface area (Å²) in [6, 6.07) is 10.2. The highest BCUT2D eigenvalue weighted by Gasteiger charge is 2.40. The van der Waals surface area contributed by atoms with Gasteiger partial charge in [0.1, 0.15) is 12.2 Å². The molecule has 1 N–H and O–H groups in total. The fourth-order valence-electron chi connectivity index (χ4n) is 3.74. The minimum atomic E-state index is -0.361. The second-order valence-corrected chi connectivity index (χ2v) is 9.12. The van der Waals surface area contributed by atoms with Gasteiger partial charge in [0.05, 0.1) is 11.3 Å². The number of likely N-dealkylation sites (tertiary alicyclic amines) is 1. The Labute approximate surface area is 200 Å². The second-order valence-electron chi connectivity index (χ2n) is 9.12. The van der Waals surface area contributed by atoms with Gasteiger partial charge in [-0.25, -0.2) is 15.0 Å². The zero-order valence-electron chi connectivity index (χ0n) is 20.1. The molecule has 3 saturated heterocycles. The predicted octanol–water partition coefficient (Wildman–Crippen LogP) is 3.45. The lowest BCUT2D eigenvalue weighted by atomic mass is 10.1. The molecule has 1 aromatic rings. The van der Waals surface area contributed by atoms with Crippen LogP contribution in [0.5, 0.6) is 0 Å². The quantitative estimate of drug-likeness (QED) is 0.394. The molecule has 11 nitrogen and oxygen atoms in total. The van der Waals surface area contributed by atoms with Crippen LogP contribution in [0.4, 0.5) is 9.59 Å². The molecule has 1 aromatic carbocycles. The third-order valence-corrected chi connectivity index (χ3v) is 5.26. The summed E-state index contributed by atoms with van der Waals surface area (Å²) in [6.07, 6.45) is 4.39. The molecule has 3 heterocycles. The van der Waals surface area contributed by atoms with Crippen molar-refractivity contribution in [2.24, 2.45) is 5.29 Å². The molecule has 0 aromatic heterocycles. The van der Waals surface area contributed by atoms with E-state index >= 15 is 0 Å². The third-order valence-electron chi connectivity index (χ3n) is 5.26. The number of urea groups is 1. The van der Waals surface area contributed by atoms with E-state index in [1.807, 2.05) is 61.3 Å². The number of ether oxygens (including phenoxy) is 1. The summed E-state index contributed by atoms with van der Waals surface area (Å²) in [5.74, 6) is 0. The topological polar surface area (TPSA) is 121 Å². The van der Waals surface area contributed by atoms with Gasteiger partial charge in [-0.15, -0.1) is 4.91 Å². The van der Waals surface area contributed by atoms with Gasteiger partial charge in [-0.05, 0) is 52.0 Å². The summed E-state index contributed by atoms with van der Waals surface area (Å²) in [5.41, 5.74) is 2.23. The van der Waals surface area contributed by atoms with Gasteiger partial charge in [-0.2, -0.15) is 5.06 Å². The highest BCUT2D eigenvalue weighted by Crippen LogP contribution is 2.26. The Morgan fingerprint density at radius 3 is 2.35 bits per heavy atom. The van der Waals surface area contributed by atoms with E-state index in [2.05, 4.69) is 0 Å². The van der Waals surface area contributed by atoms with E-state index in [0.29, 0.717) is 6.61 Å². The van der Waals surface area contributed by atoms with Gasteiger partial charge in [-0.3, -0.25) is 9.63 Å². The van der Waals surface area contributed by atoms with Crippen LogP contribution in [-0.4, -0.2) is 71.2 Å². The summed E-state index contributed by atoms with van der Waals surface area (Å²) >= 11 is 0. The Hall–Kier alpha value is -3.21. The number of rotatable bonds is 5. The van der Waals surface area contributed by atoms with Crippen LogP contribution in [0.2, 0.25) is 0 Å². The first-order chi connectivity index (χ1) is 16.2. The number of hydrogen-bond donors (Lipinski definition) is 1. The summed E-state index contributed by atoms with van der Waals surface area (Å²) in [5, 5.41) is 3.56. The second kappa shape index (κ2) is 13.5. The average Bonchev–Trinajstić information content (AvgIpc) is 3.42. The Bertz CT molecular complexity index is 789. The van der Waals surface area contributed by atoms with E-state index in [1.165, 1.54) is 5.43 Å². The SMILES string of the molecule is CC(C)(C)OC(=O)N1CCCC1.O=C1N2CCC[C@H](C2)N1OCc1ccccc1.O=CNN=O. The first kappa shape index (κ1) is 27.0. The molecule has 4 amide bonds. The monoisotopic (exact) mass is 477 g/mol. The molecule has 188 valence electrons. The molecule has 34 heavy (non-hydrogen) atoms. The summed E-state index contributed by atoms with van der Waals surface area (Å²) in [4.78, 5) is 50.4. The smallest absolute Gasteiger partial charge is 0.410 e. The molecule has 2 bridgehead atoms. The normalized spacial score (nSPS) is 18.9. The third kappa shape index (κ3) is 8.97. The number of amides is 4. The molecule has 0 aliphatic carbocycles. The molecule has 1 atom stereocenters. The lowest BCUT2D eigenvalue weighted by Crippen LogP contribution is -2.34. The molecular formula is C23H35N5O6. The first-order valence-corrected chi connectivity index (χ1v) is 11.5. The molecule has 0 unspecified atom stereocenters. The Balaban J connectivity index is 0.000000210. The van der Waals surface area contributed by atoms with Crippen LogP contribution in [0.15, 0.2) is 35.6 Å². The van der Waals surface area contributed by atoms with Crippen molar-refractivity contribution in [3.8, 4) is 0 Å². The minimum absolute atomic E-state index is 0.0310. The predicted molar refractivity (Wildman–Crippen MR) is 125 cm³/mol. The van der Waals surface area contributed by atoms with Gasteiger partial charge in [0.15, 0.2) is 0 Å². The van der Waals surface area contributed by atoms with E-state index in [1.54, 1.807) is 9.96 Å². The van der Waals surface area contributed by atoms with Crippen molar-refractivity contribution in [1.82, 2.24) is 20.3 Å².